The van der Waals surface area contributed by atoms with Crippen molar-refractivity contribution >= 4 is 39.9 Å². The molecule has 0 aliphatic carbocycles. The van der Waals surface area contributed by atoms with Crippen molar-refractivity contribution in [3.05, 3.63) is 0 Å². The molecule has 0 saturated carbocycles. The second-order valence-electron chi connectivity index (χ2n) is 4.04. The first-order chi connectivity index (χ1) is 10.0. The smallest absolute Gasteiger partial charge is 0.319 e. The summed E-state index contributed by atoms with van der Waals surface area (Å²) in [4.78, 5) is 0. The second kappa shape index (κ2) is 11.0. The molecule has 6 N–H and O–H groups in total. The van der Waals surface area contributed by atoms with Gasteiger partial charge in [0.1, 0.15) is 0 Å². The lowest BCUT2D eigenvalue weighted by Gasteiger charge is -2.18. The Labute approximate surface area is 136 Å². The zero-order valence-electron chi connectivity index (χ0n) is 11.5. The number of rotatable bonds is 13. The van der Waals surface area contributed by atoms with Crippen LogP contribution in [0.2, 0.25) is 0 Å². The molecule has 0 fully saturated rings. The highest BCUT2D eigenvalue weighted by Crippen LogP contribution is 2.07. The van der Waals surface area contributed by atoms with Crippen LogP contribution in [0.15, 0.2) is 0 Å². The third-order valence-electron chi connectivity index (χ3n) is 2.17. The maximum Gasteiger partial charge on any atom is 0.319 e. The molecule has 0 radical (unpaired) electrons. The largest absolute Gasteiger partial charge is 0.389 e. The number of nitrogens with one attached hydrogen (secondary N) is 2. The summed E-state index contributed by atoms with van der Waals surface area (Å²) in [5, 5.41) is 24.6. The minimum atomic E-state index is -4.08. The quantitative estimate of drug-likeness (QED) is 0.114. The van der Waals surface area contributed by atoms with Crippen molar-refractivity contribution < 1.29 is 36.2 Å². The van der Waals surface area contributed by atoms with Crippen molar-refractivity contribution in [2.45, 2.75) is 12.2 Å². The molecule has 0 amide bonds. The average molecular weight is 401 g/mol. The van der Waals surface area contributed by atoms with Gasteiger partial charge in [0.25, 0.3) is 0 Å². The molecule has 0 heterocycles. The third kappa shape index (κ3) is 15.3. The van der Waals surface area contributed by atoms with Crippen LogP contribution in [0.5, 0.6) is 0 Å². The summed E-state index contributed by atoms with van der Waals surface area (Å²) >= 11 is 0. The molecule has 134 valence electrons. The Morgan fingerprint density at radius 2 is 1.09 bits per heavy atom. The summed E-state index contributed by atoms with van der Waals surface area (Å²) in [6.07, 6.45) is -2.20. The summed E-state index contributed by atoms with van der Waals surface area (Å²) in [5.41, 5.74) is 0. The van der Waals surface area contributed by atoms with Crippen LogP contribution in [0.25, 0.3) is 0 Å². The van der Waals surface area contributed by atoms with Crippen LogP contribution in [-0.2, 0) is 18.3 Å². The molecular weight excluding hydrogens is 380 g/mol. The maximum absolute atomic E-state index is 10.4. The molecule has 0 spiro atoms. The van der Waals surface area contributed by atoms with Crippen molar-refractivity contribution in [2.75, 3.05) is 37.7 Å². The third-order valence-corrected chi connectivity index (χ3v) is 6.30. The van der Waals surface area contributed by atoms with Gasteiger partial charge in [0, 0.05) is 37.7 Å². The minimum Gasteiger partial charge on any atom is -0.389 e. The number of aliphatic hydroxyl groups is 2. The first-order valence-electron chi connectivity index (χ1n) is 6.02. The Bertz CT molecular complexity index is 450. The standard InChI is InChI=1S/C8H20N2O8S4/c11-7(5-9-1-3-19-21(13,14)15)8(12)6-10-2-4-20-22(16,17)18/h7-12H,1-6H2,(H,13,14,15)(H,16,17,18)/t7-,8-/m1/s1. The molecular formula is C8H20N2O8S4. The Hall–Kier alpha value is 0.360. The maximum atomic E-state index is 10.4. The predicted molar refractivity (Wildman–Crippen MR) is 85.8 cm³/mol. The van der Waals surface area contributed by atoms with Crippen molar-refractivity contribution in [3.63, 3.8) is 0 Å². The van der Waals surface area contributed by atoms with Crippen molar-refractivity contribution in [3.8, 4) is 0 Å². The van der Waals surface area contributed by atoms with Crippen LogP contribution in [0.4, 0.5) is 0 Å². The first kappa shape index (κ1) is 22.4. The molecule has 10 nitrogen and oxygen atoms in total. The molecule has 0 rings (SSSR count). The SMILES string of the molecule is O=S(=O)(O)SCCNC[C@@H](O)[C@H](O)CNCCSS(=O)(=O)O. The zero-order chi connectivity index (χ0) is 17.2. The van der Waals surface area contributed by atoms with E-state index in [4.69, 9.17) is 9.11 Å². The highest BCUT2D eigenvalue weighted by molar-refractivity contribution is 8.70. The molecule has 0 bridgehead atoms. The fourth-order valence-corrected chi connectivity index (χ4v) is 3.85. The second-order valence-corrected chi connectivity index (χ2v) is 11.0. The van der Waals surface area contributed by atoms with E-state index in [1.165, 1.54) is 0 Å². The van der Waals surface area contributed by atoms with Gasteiger partial charge in [0.15, 0.2) is 0 Å². The van der Waals surface area contributed by atoms with Gasteiger partial charge in [0.2, 0.25) is 0 Å². The first-order valence-corrected chi connectivity index (χ1v) is 11.9. The topological polar surface area (TPSA) is 173 Å². The normalized spacial score (nSPS) is 15.6. The summed E-state index contributed by atoms with van der Waals surface area (Å²) in [6, 6.07) is 0. The van der Waals surface area contributed by atoms with Gasteiger partial charge in [-0.25, -0.2) is 0 Å². The van der Waals surface area contributed by atoms with E-state index in [-0.39, 0.29) is 37.7 Å². The van der Waals surface area contributed by atoms with E-state index in [0.717, 1.165) is 0 Å². The van der Waals surface area contributed by atoms with E-state index in [1.54, 1.807) is 0 Å². The van der Waals surface area contributed by atoms with Crippen LogP contribution in [0, 0.1) is 0 Å². The Kier molecular flexibility index (Phi) is 11.2. The van der Waals surface area contributed by atoms with Gasteiger partial charge < -0.3 is 20.8 Å². The number of hydrogen-bond acceptors (Lipinski definition) is 10. The molecule has 0 aliphatic heterocycles. The van der Waals surface area contributed by atoms with Crippen LogP contribution < -0.4 is 10.6 Å². The van der Waals surface area contributed by atoms with Crippen molar-refractivity contribution in [2.24, 2.45) is 0 Å². The van der Waals surface area contributed by atoms with Gasteiger partial charge in [-0.05, 0) is 21.6 Å². The van der Waals surface area contributed by atoms with E-state index < -0.39 is 30.5 Å². The molecule has 22 heavy (non-hydrogen) atoms. The summed E-state index contributed by atoms with van der Waals surface area (Å²) in [5.74, 6) is 0.180. The minimum absolute atomic E-state index is 0.0225. The summed E-state index contributed by atoms with van der Waals surface area (Å²) in [6.45, 7) is 0.475. The van der Waals surface area contributed by atoms with Gasteiger partial charge in [-0.2, -0.15) is 16.8 Å². The van der Waals surface area contributed by atoms with Crippen LogP contribution in [-0.4, -0.2) is 86.0 Å². The van der Waals surface area contributed by atoms with Crippen molar-refractivity contribution in [1.82, 2.24) is 10.6 Å². The number of aliphatic hydroxyl groups excluding tert-OH is 2. The number of hydrogen-bond donors (Lipinski definition) is 6. The molecule has 0 aliphatic rings. The van der Waals surface area contributed by atoms with Gasteiger partial charge in [-0.1, -0.05) is 0 Å². The summed E-state index contributed by atoms with van der Waals surface area (Å²) in [7, 11) is -7.45. The highest BCUT2D eigenvalue weighted by atomic mass is 33.2. The van der Waals surface area contributed by atoms with Crippen molar-refractivity contribution in [1.29, 1.82) is 0 Å². The molecule has 2 atom stereocenters. The van der Waals surface area contributed by atoms with Gasteiger partial charge in [-0.15, -0.1) is 0 Å². The highest BCUT2D eigenvalue weighted by Gasteiger charge is 2.15. The molecule has 0 saturated heterocycles. The fraction of sp³-hybridized carbons (Fsp3) is 1.00. The fourth-order valence-electron chi connectivity index (χ4n) is 1.21. The van der Waals surface area contributed by atoms with Crippen LogP contribution >= 0.6 is 21.6 Å². The lowest BCUT2D eigenvalue weighted by atomic mass is 10.2. The van der Waals surface area contributed by atoms with E-state index in [0.29, 0.717) is 21.6 Å². The Morgan fingerprint density at radius 1 is 0.773 bits per heavy atom. The molecule has 0 aromatic heterocycles. The average Bonchev–Trinajstić information content (AvgIpc) is 2.34. The molecule has 14 heteroatoms. The Balaban J connectivity index is 3.64. The monoisotopic (exact) mass is 400 g/mol. The van der Waals surface area contributed by atoms with E-state index in [2.05, 4.69) is 10.6 Å². The van der Waals surface area contributed by atoms with Gasteiger partial charge >= 0.3 is 18.3 Å². The van der Waals surface area contributed by atoms with E-state index in [9.17, 15) is 27.0 Å². The lowest BCUT2D eigenvalue weighted by Crippen LogP contribution is -2.43. The predicted octanol–water partition coefficient (Wildman–Crippen LogP) is -2.04. The summed E-state index contributed by atoms with van der Waals surface area (Å²) < 4.78 is 58.6. The van der Waals surface area contributed by atoms with E-state index in [1.807, 2.05) is 0 Å². The van der Waals surface area contributed by atoms with E-state index >= 15 is 0 Å². The molecule has 0 aromatic carbocycles. The van der Waals surface area contributed by atoms with Crippen LogP contribution in [0.1, 0.15) is 0 Å². The molecule has 0 aromatic rings. The zero-order valence-corrected chi connectivity index (χ0v) is 14.7. The van der Waals surface area contributed by atoms with Crippen LogP contribution in [0.3, 0.4) is 0 Å². The Morgan fingerprint density at radius 3 is 1.36 bits per heavy atom. The van der Waals surface area contributed by atoms with Gasteiger partial charge in [0.05, 0.1) is 12.2 Å². The molecule has 0 unspecified atom stereocenters. The van der Waals surface area contributed by atoms with Gasteiger partial charge in [-0.3, -0.25) is 9.11 Å². The lowest BCUT2D eigenvalue weighted by molar-refractivity contribution is 0.0216.